The number of ether oxygens (including phenoxy) is 1. The lowest BCUT2D eigenvalue weighted by molar-refractivity contribution is -0.152. The number of carbonyl (C=O) groups excluding carboxylic acids is 2. The highest BCUT2D eigenvalue weighted by molar-refractivity contribution is 5.90. The molecule has 2 N–H and O–H groups in total. The van der Waals surface area contributed by atoms with Crippen LogP contribution in [-0.2, 0) is 25.2 Å². The molecule has 1 atom stereocenters. The zero-order chi connectivity index (χ0) is 18.2. The van der Waals surface area contributed by atoms with Crippen molar-refractivity contribution in [1.82, 2.24) is 4.90 Å². The number of carbonyl (C=O) groups is 2. The smallest absolute Gasteiger partial charge is 0.248 e. The van der Waals surface area contributed by atoms with Crippen LogP contribution < -0.4 is 5.73 Å². The maximum absolute atomic E-state index is 13.3. The summed E-state index contributed by atoms with van der Waals surface area (Å²) in [6.45, 7) is 7.69. The number of primary amides is 1. The third-order valence-electron chi connectivity index (χ3n) is 5.59. The molecule has 5 nitrogen and oxygen atoms in total. The first-order valence-corrected chi connectivity index (χ1v) is 9.05. The van der Waals surface area contributed by atoms with Gasteiger partial charge in [0.25, 0.3) is 0 Å². The quantitative estimate of drug-likeness (QED) is 0.913. The SMILES string of the molecule is CC(C)(C)c1ccc(C2(C(=O)N3CCO[C@H](C(N)=O)C3)CCC2)cc1. The number of hydrogen-bond donors (Lipinski definition) is 1. The Kier molecular flexibility index (Phi) is 4.62. The van der Waals surface area contributed by atoms with E-state index in [0.717, 1.165) is 24.8 Å². The van der Waals surface area contributed by atoms with E-state index in [1.807, 2.05) is 0 Å². The largest absolute Gasteiger partial charge is 0.367 e. The van der Waals surface area contributed by atoms with Crippen LogP contribution in [-0.4, -0.2) is 42.5 Å². The molecule has 25 heavy (non-hydrogen) atoms. The first-order valence-electron chi connectivity index (χ1n) is 9.05. The van der Waals surface area contributed by atoms with Crippen LogP contribution in [0.3, 0.4) is 0 Å². The molecular weight excluding hydrogens is 316 g/mol. The van der Waals surface area contributed by atoms with Crippen LogP contribution in [0.5, 0.6) is 0 Å². The number of morpholine rings is 1. The third-order valence-corrected chi connectivity index (χ3v) is 5.59. The highest BCUT2D eigenvalue weighted by Gasteiger charge is 2.48. The van der Waals surface area contributed by atoms with E-state index in [-0.39, 0.29) is 17.9 Å². The van der Waals surface area contributed by atoms with Crippen LogP contribution in [0.25, 0.3) is 0 Å². The van der Waals surface area contributed by atoms with Crippen LogP contribution in [0.2, 0.25) is 0 Å². The van der Waals surface area contributed by atoms with Crippen molar-refractivity contribution in [2.45, 2.75) is 57.0 Å². The van der Waals surface area contributed by atoms with Crippen molar-refractivity contribution < 1.29 is 14.3 Å². The van der Waals surface area contributed by atoms with Gasteiger partial charge in [-0.05, 0) is 29.4 Å². The van der Waals surface area contributed by atoms with Gasteiger partial charge in [-0.25, -0.2) is 0 Å². The van der Waals surface area contributed by atoms with Crippen LogP contribution in [0.1, 0.15) is 51.2 Å². The maximum Gasteiger partial charge on any atom is 0.248 e. The Labute approximate surface area is 149 Å². The summed E-state index contributed by atoms with van der Waals surface area (Å²) < 4.78 is 5.37. The van der Waals surface area contributed by atoms with Gasteiger partial charge in [-0.2, -0.15) is 0 Å². The Bertz CT molecular complexity index is 657. The Morgan fingerprint density at radius 2 is 1.84 bits per heavy atom. The monoisotopic (exact) mass is 344 g/mol. The molecule has 2 amide bonds. The average Bonchev–Trinajstić information content (AvgIpc) is 2.53. The molecule has 0 bridgehead atoms. The van der Waals surface area contributed by atoms with Gasteiger partial charge in [0.1, 0.15) is 0 Å². The molecule has 1 aromatic carbocycles. The lowest BCUT2D eigenvalue weighted by atomic mass is 9.63. The second kappa shape index (κ2) is 6.45. The number of hydrogen-bond acceptors (Lipinski definition) is 3. The first kappa shape index (κ1) is 17.9. The van der Waals surface area contributed by atoms with Gasteiger partial charge in [-0.1, -0.05) is 51.5 Å². The van der Waals surface area contributed by atoms with Crippen LogP contribution in [0.4, 0.5) is 0 Å². The molecule has 1 aliphatic carbocycles. The minimum Gasteiger partial charge on any atom is -0.367 e. The molecule has 3 rings (SSSR count). The van der Waals surface area contributed by atoms with Gasteiger partial charge in [0.15, 0.2) is 6.10 Å². The van der Waals surface area contributed by atoms with Crippen molar-refractivity contribution in [2.75, 3.05) is 19.7 Å². The van der Waals surface area contributed by atoms with E-state index in [2.05, 4.69) is 45.0 Å². The standard InChI is InChI=1S/C20H28N2O3/c1-19(2,3)14-5-7-15(8-6-14)20(9-4-10-20)18(24)22-11-12-25-16(13-22)17(21)23/h5-8,16H,4,9-13H2,1-3H3,(H2,21,23)/t16-/m0/s1. The molecule has 1 saturated heterocycles. The molecule has 1 aliphatic heterocycles. The number of benzene rings is 1. The summed E-state index contributed by atoms with van der Waals surface area (Å²) in [5, 5.41) is 0. The normalized spacial score (nSPS) is 23.0. The predicted octanol–water partition coefficient (Wildman–Crippen LogP) is 2.12. The summed E-state index contributed by atoms with van der Waals surface area (Å²) in [6, 6.07) is 8.47. The van der Waals surface area contributed by atoms with E-state index in [4.69, 9.17) is 10.5 Å². The van der Waals surface area contributed by atoms with Gasteiger partial charge < -0.3 is 15.4 Å². The van der Waals surface area contributed by atoms with E-state index >= 15 is 0 Å². The highest BCUT2D eigenvalue weighted by Crippen LogP contribution is 2.45. The molecule has 0 spiro atoms. The maximum atomic E-state index is 13.3. The fourth-order valence-corrected chi connectivity index (χ4v) is 3.75. The molecule has 0 radical (unpaired) electrons. The van der Waals surface area contributed by atoms with Crippen LogP contribution in [0, 0.1) is 0 Å². The van der Waals surface area contributed by atoms with Gasteiger partial charge in [0.05, 0.1) is 18.6 Å². The second-order valence-corrected chi connectivity index (χ2v) is 8.28. The number of nitrogens with two attached hydrogens (primary N) is 1. The Balaban J connectivity index is 1.83. The van der Waals surface area contributed by atoms with E-state index in [0.29, 0.717) is 13.2 Å². The van der Waals surface area contributed by atoms with Gasteiger partial charge in [-0.3, -0.25) is 9.59 Å². The number of nitrogens with zero attached hydrogens (tertiary/aromatic N) is 1. The topological polar surface area (TPSA) is 72.6 Å². The minimum atomic E-state index is -0.696. The van der Waals surface area contributed by atoms with Gasteiger partial charge in [0.2, 0.25) is 11.8 Å². The molecule has 5 heteroatoms. The van der Waals surface area contributed by atoms with Crippen molar-refractivity contribution in [3.05, 3.63) is 35.4 Å². The zero-order valence-corrected chi connectivity index (χ0v) is 15.4. The molecule has 0 unspecified atom stereocenters. The molecule has 1 aromatic rings. The molecular formula is C20H28N2O3. The van der Waals surface area contributed by atoms with E-state index in [9.17, 15) is 9.59 Å². The Morgan fingerprint density at radius 3 is 2.32 bits per heavy atom. The van der Waals surface area contributed by atoms with Crippen molar-refractivity contribution in [3.8, 4) is 0 Å². The third kappa shape index (κ3) is 3.30. The van der Waals surface area contributed by atoms with Crippen molar-refractivity contribution in [3.63, 3.8) is 0 Å². The highest BCUT2D eigenvalue weighted by atomic mass is 16.5. The molecule has 1 heterocycles. The summed E-state index contributed by atoms with van der Waals surface area (Å²) >= 11 is 0. The summed E-state index contributed by atoms with van der Waals surface area (Å²) in [7, 11) is 0. The van der Waals surface area contributed by atoms with Crippen molar-refractivity contribution in [2.24, 2.45) is 5.73 Å². The van der Waals surface area contributed by atoms with Crippen LogP contribution in [0.15, 0.2) is 24.3 Å². The lowest BCUT2D eigenvalue weighted by Gasteiger charge is -2.45. The Hall–Kier alpha value is -1.88. The van der Waals surface area contributed by atoms with Crippen molar-refractivity contribution >= 4 is 11.8 Å². The summed E-state index contributed by atoms with van der Waals surface area (Å²) in [6.07, 6.45) is 2.08. The summed E-state index contributed by atoms with van der Waals surface area (Å²) in [4.78, 5) is 26.4. The van der Waals surface area contributed by atoms with E-state index < -0.39 is 17.4 Å². The van der Waals surface area contributed by atoms with Gasteiger partial charge in [-0.15, -0.1) is 0 Å². The fourth-order valence-electron chi connectivity index (χ4n) is 3.75. The van der Waals surface area contributed by atoms with E-state index in [1.165, 1.54) is 5.56 Å². The van der Waals surface area contributed by atoms with Crippen molar-refractivity contribution in [1.29, 1.82) is 0 Å². The lowest BCUT2D eigenvalue weighted by Crippen LogP contribution is -2.57. The van der Waals surface area contributed by atoms with Gasteiger partial charge >= 0.3 is 0 Å². The summed E-state index contributed by atoms with van der Waals surface area (Å²) in [5.41, 5.74) is 7.34. The molecule has 1 saturated carbocycles. The molecule has 2 aliphatic rings. The molecule has 136 valence electrons. The van der Waals surface area contributed by atoms with E-state index in [1.54, 1.807) is 4.90 Å². The molecule has 0 aromatic heterocycles. The minimum absolute atomic E-state index is 0.0915. The fraction of sp³-hybridized carbons (Fsp3) is 0.600. The zero-order valence-electron chi connectivity index (χ0n) is 15.4. The second-order valence-electron chi connectivity index (χ2n) is 8.28. The number of amides is 2. The van der Waals surface area contributed by atoms with Crippen LogP contribution >= 0.6 is 0 Å². The first-order chi connectivity index (χ1) is 11.7. The Morgan fingerprint density at radius 1 is 1.20 bits per heavy atom. The predicted molar refractivity (Wildman–Crippen MR) is 96.2 cm³/mol. The summed E-state index contributed by atoms with van der Waals surface area (Å²) in [5.74, 6) is -0.397. The average molecular weight is 344 g/mol. The number of rotatable bonds is 3. The molecule has 2 fully saturated rings. The van der Waals surface area contributed by atoms with Gasteiger partial charge in [0, 0.05) is 6.54 Å².